The molecule has 0 aliphatic rings. The summed E-state index contributed by atoms with van der Waals surface area (Å²) in [6.45, 7) is 4.01. The molecule has 0 fully saturated rings. The van der Waals surface area contributed by atoms with Gasteiger partial charge in [-0.1, -0.05) is 31.5 Å². The van der Waals surface area contributed by atoms with Crippen molar-refractivity contribution in [2.75, 3.05) is 7.11 Å². The van der Waals surface area contributed by atoms with E-state index in [1.807, 2.05) is 19.9 Å². The summed E-state index contributed by atoms with van der Waals surface area (Å²) in [7, 11) is 1.55. The Balaban J connectivity index is 1.95. The Labute approximate surface area is 173 Å². The zero-order chi connectivity index (χ0) is 21.0. The molecule has 0 aliphatic carbocycles. The van der Waals surface area contributed by atoms with Gasteiger partial charge in [0.05, 0.1) is 29.7 Å². The van der Waals surface area contributed by atoms with Gasteiger partial charge in [-0.3, -0.25) is 14.6 Å². The number of hydrogen-bond donors (Lipinski definition) is 2. The van der Waals surface area contributed by atoms with Gasteiger partial charge < -0.3 is 15.0 Å². The second-order valence-corrected chi connectivity index (χ2v) is 7.16. The SMILES string of the molecule is COc1ccc(-c2cc(=O)[nH]c(-c3cc(CNC(=O)C(C)C)ccc3Cl)n2)nc1. The van der Waals surface area contributed by atoms with Crippen LogP contribution in [0.5, 0.6) is 5.75 Å². The number of amides is 1. The van der Waals surface area contributed by atoms with Crippen LogP contribution in [0, 0.1) is 5.92 Å². The van der Waals surface area contributed by atoms with Crippen LogP contribution in [0.15, 0.2) is 47.4 Å². The third kappa shape index (κ3) is 5.00. The highest BCUT2D eigenvalue weighted by molar-refractivity contribution is 6.33. The van der Waals surface area contributed by atoms with Crippen LogP contribution in [0.2, 0.25) is 5.02 Å². The first-order chi connectivity index (χ1) is 13.9. The van der Waals surface area contributed by atoms with E-state index in [1.165, 1.54) is 6.07 Å². The summed E-state index contributed by atoms with van der Waals surface area (Å²) in [5, 5.41) is 3.30. The lowest BCUT2D eigenvalue weighted by atomic mass is 10.1. The summed E-state index contributed by atoms with van der Waals surface area (Å²) in [6.07, 6.45) is 1.56. The summed E-state index contributed by atoms with van der Waals surface area (Å²) in [6, 6.07) is 10.2. The second-order valence-electron chi connectivity index (χ2n) is 6.75. The highest BCUT2D eigenvalue weighted by Crippen LogP contribution is 2.27. The molecule has 3 aromatic rings. The number of aromatic nitrogens is 3. The number of benzene rings is 1. The lowest BCUT2D eigenvalue weighted by Gasteiger charge is -2.11. The van der Waals surface area contributed by atoms with E-state index in [2.05, 4.69) is 20.3 Å². The van der Waals surface area contributed by atoms with Crippen LogP contribution in [-0.2, 0) is 11.3 Å². The first kappa shape index (κ1) is 20.5. The number of nitrogens with zero attached hydrogens (tertiary/aromatic N) is 2. The van der Waals surface area contributed by atoms with Gasteiger partial charge in [-0.05, 0) is 29.8 Å². The number of halogens is 1. The summed E-state index contributed by atoms with van der Waals surface area (Å²) in [5.74, 6) is 0.791. The average molecular weight is 413 g/mol. The van der Waals surface area contributed by atoms with E-state index in [1.54, 1.807) is 37.6 Å². The van der Waals surface area contributed by atoms with Crippen molar-refractivity contribution in [3.05, 3.63) is 63.5 Å². The molecule has 0 saturated carbocycles. The first-order valence-electron chi connectivity index (χ1n) is 9.05. The van der Waals surface area contributed by atoms with E-state index in [-0.39, 0.29) is 17.4 Å². The minimum absolute atomic E-state index is 0.0411. The molecule has 0 atom stereocenters. The van der Waals surface area contributed by atoms with Crippen molar-refractivity contribution in [2.24, 2.45) is 5.92 Å². The van der Waals surface area contributed by atoms with Crippen molar-refractivity contribution in [3.63, 3.8) is 0 Å². The number of carbonyl (C=O) groups is 1. The average Bonchev–Trinajstić information content (AvgIpc) is 2.72. The van der Waals surface area contributed by atoms with E-state index in [4.69, 9.17) is 16.3 Å². The van der Waals surface area contributed by atoms with Gasteiger partial charge in [0.25, 0.3) is 5.56 Å². The third-order valence-corrected chi connectivity index (χ3v) is 4.58. The molecule has 0 saturated heterocycles. The highest BCUT2D eigenvalue weighted by Gasteiger charge is 2.12. The molecule has 0 unspecified atom stereocenters. The Hall–Kier alpha value is -3.19. The third-order valence-electron chi connectivity index (χ3n) is 4.25. The molecule has 2 aromatic heterocycles. The summed E-state index contributed by atoms with van der Waals surface area (Å²) in [5.41, 5.74) is 2.04. The van der Waals surface area contributed by atoms with Gasteiger partial charge in [0.15, 0.2) is 0 Å². The fraction of sp³-hybridized carbons (Fsp3) is 0.238. The Morgan fingerprint density at radius 1 is 1.21 bits per heavy atom. The Morgan fingerprint density at radius 2 is 2.00 bits per heavy atom. The van der Waals surface area contributed by atoms with Crippen LogP contribution in [-0.4, -0.2) is 28.0 Å². The number of methoxy groups -OCH3 is 1. The van der Waals surface area contributed by atoms with Crippen molar-refractivity contribution >= 4 is 17.5 Å². The van der Waals surface area contributed by atoms with Crippen LogP contribution in [0.1, 0.15) is 19.4 Å². The van der Waals surface area contributed by atoms with Crippen LogP contribution in [0.4, 0.5) is 0 Å². The molecule has 8 heteroatoms. The van der Waals surface area contributed by atoms with Gasteiger partial charge >= 0.3 is 0 Å². The molecule has 0 spiro atoms. The van der Waals surface area contributed by atoms with E-state index < -0.39 is 0 Å². The Morgan fingerprint density at radius 3 is 2.66 bits per heavy atom. The number of carbonyl (C=O) groups excluding carboxylic acids is 1. The molecule has 3 rings (SSSR count). The quantitative estimate of drug-likeness (QED) is 0.646. The predicted octanol–water partition coefficient (Wildman–Crippen LogP) is 3.43. The van der Waals surface area contributed by atoms with Gasteiger partial charge in [-0.2, -0.15) is 0 Å². The highest BCUT2D eigenvalue weighted by atomic mass is 35.5. The lowest BCUT2D eigenvalue weighted by Crippen LogP contribution is -2.27. The van der Waals surface area contributed by atoms with Crippen LogP contribution in [0.25, 0.3) is 22.8 Å². The fourth-order valence-electron chi connectivity index (χ4n) is 2.63. The molecule has 0 radical (unpaired) electrons. The van der Waals surface area contributed by atoms with Crippen LogP contribution < -0.4 is 15.6 Å². The van der Waals surface area contributed by atoms with Crippen molar-refractivity contribution in [1.29, 1.82) is 0 Å². The van der Waals surface area contributed by atoms with Crippen molar-refractivity contribution in [2.45, 2.75) is 20.4 Å². The molecule has 0 bridgehead atoms. The molecule has 29 heavy (non-hydrogen) atoms. The number of pyridine rings is 1. The number of nitrogens with one attached hydrogen (secondary N) is 2. The molecule has 150 valence electrons. The zero-order valence-electron chi connectivity index (χ0n) is 16.3. The normalized spacial score (nSPS) is 10.8. The number of hydrogen-bond acceptors (Lipinski definition) is 5. The number of aromatic amines is 1. The summed E-state index contributed by atoms with van der Waals surface area (Å²) in [4.78, 5) is 35.6. The Bertz CT molecular complexity index is 1080. The minimum Gasteiger partial charge on any atom is -0.495 e. The van der Waals surface area contributed by atoms with Crippen molar-refractivity contribution in [3.8, 4) is 28.5 Å². The molecular formula is C21H21ClN4O3. The molecule has 1 amide bonds. The molecule has 1 aromatic carbocycles. The number of ether oxygens (including phenoxy) is 1. The topological polar surface area (TPSA) is 97.0 Å². The maximum Gasteiger partial charge on any atom is 0.251 e. The van der Waals surface area contributed by atoms with Crippen LogP contribution >= 0.6 is 11.6 Å². The van der Waals surface area contributed by atoms with Crippen molar-refractivity contribution < 1.29 is 9.53 Å². The summed E-state index contributed by atoms with van der Waals surface area (Å²) >= 11 is 6.35. The Kier molecular flexibility index (Phi) is 6.29. The monoisotopic (exact) mass is 412 g/mol. The maximum absolute atomic E-state index is 12.2. The minimum atomic E-state index is -0.322. The predicted molar refractivity (Wildman–Crippen MR) is 112 cm³/mol. The number of rotatable bonds is 6. The molecule has 0 aliphatic heterocycles. The van der Waals surface area contributed by atoms with E-state index >= 15 is 0 Å². The zero-order valence-corrected chi connectivity index (χ0v) is 17.1. The smallest absolute Gasteiger partial charge is 0.251 e. The van der Waals surface area contributed by atoms with Gasteiger partial charge in [0.2, 0.25) is 5.91 Å². The molecule has 2 heterocycles. The van der Waals surface area contributed by atoms with E-state index in [9.17, 15) is 9.59 Å². The first-order valence-corrected chi connectivity index (χ1v) is 9.43. The fourth-order valence-corrected chi connectivity index (χ4v) is 2.83. The standard InChI is InChI=1S/C21H21ClN4O3/c1-12(2)21(28)24-10-13-4-6-16(22)15(8-13)20-25-18(9-19(27)26-20)17-7-5-14(29-3)11-23-17/h4-9,11-12H,10H2,1-3H3,(H,24,28)(H,25,26,27). The molecule has 2 N–H and O–H groups in total. The van der Waals surface area contributed by atoms with Gasteiger partial charge in [-0.25, -0.2) is 4.98 Å². The summed E-state index contributed by atoms with van der Waals surface area (Å²) < 4.78 is 5.11. The van der Waals surface area contributed by atoms with Crippen LogP contribution in [0.3, 0.4) is 0 Å². The van der Waals surface area contributed by atoms with Gasteiger partial charge in [-0.15, -0.1) is 0 Å². The largest absolute Gasteiger partial charge is 0.495 e. The van der Waals surface area contributed by atoms with Gasteiger partial charge in [0.1, 0.15) is 11.6 Å². The second kappa shape index (κ2) is 8.87. The lowest BCUT2D eigenvalue weighted by molar-refractivity contribution is -0.124. The van der Waals surface area contributed by atoms with Crippen molar-refractivity contribution in [1.82, 2.24) is 20.3 Å². The molecule has 7 nitrogen and oxygen atoms in total. The molecular weight excluding hydrogens is 392 g/mol. The maximum atomic E-state index is 12.2. The number of H-pyrrole nitrogens is 1. The van der Waals surface area contributed by atoms with Gasteiger partial charge in [0, 0.05) is 24.1 Å². The van der Waals surface area contributed by atoms with E-state index in [0.29, 0.717) is 40.1 Å². The van der Waals surface area contributed by atoms with E-state index in [0.717, 1.165) is 5.56 Å².